The van der Waals surface area contributed by atoms with Crippen LogP contribution in [0.15, 0.2) is 0 Å². The molecule has 4 nitrogen and oxygen atoms in total. The first-order valence-corrected chi connectivity index (χ1v) is 7.82. The van der Waals surface area contributed by atoms with E-state index in [-0.39, 0.29) is 11.1 Å². The van der Waals surface area contributed by atoms with Crippen molar-refractivity contribution >= 4 is 0 Å². The second-order valence-electron chi connectivity index (χ2n) is 7.54. The van der Waals surface area contributed by atoms with E-state index in [2.05, 4.69) is 48.5 Å². The Kier molecular flexibility index (Phi) is 4.88. The third kappa shape index (κ3) is 5.03. The molecule has 2 aliphatic rings. The standard InChI is InChI=1S/C15H32N4/c1-14(2)11-13(12-15(3,4)18-14)17-7-10-19-8-5-16-6-9-19/h13,16-18H,5-12H2,1-4H3. The van der Waals surface area contributed by atoms with E-state index < -0.39 is 0 Å². The van der Waals surface area contributed by atoms with Crippen LogP contribution in [0.25, 0.3) is 0 Å². The predicted molar refractivity (Wildman–Crippen MR) is 81.6 cm³/mol. The zero-order valence-electron chi connectivity index (χ0n) is 13.2. The molecular formula is C15H32N4. The molecule has 4 heteroatoms. The van der Waals surface area contributed by atoms with Gasteiger partial charge in [0.1, 0.15) is 0 Å². The molecule has 0 amide bonds. The molecule has 3 N–H and O–H groups in total. The largest absolute Gasteiger partial charge is 0.314 e. The van der Waals surface area contributed by atoms with Gasteiger partial charge >= 0.3 is 0 Å². The lowest BCUT2D eigenvalue weighted by atomic mass is 9.79. The number of piperidine rings is 1. The Morgan fingerprint density at radius 2 is 1.63 bits per heavy atom. The lowest BCUT2D eigenvalue weighted by molar-refractivity contribution is 0.142. The highest BCUT2D eigenvalue weighted by Gasteiger charge is 2.37. The number of hydrogen-bond donors (Lipinski definition) is 3. The van der Waals surface area contributed by atoms with Crippen LogP contribution < -0.4 is 16.0 Å². The van der Waals surface area contributed by atoms with Crippen LogP contribution in [0.2, 0.25) is 0 Å². The van der Waals surface area contributed by atoms with E-state index in [0.717, 1.165) is 19.6 Å². The SMILES string of the molecule is CC1(C)CC(NCCN2CCNCC2)CC(C)(C)N1. The van der Waals surface area contributed by atoms with Crippen LogP contribution in [0, 0.1) is 0 Å². The smallest absolute Gasteiger partial charge is 0.0144 e. The van der Waals surface area contributed by atoms with E-state index in [1.807, 2.05) is 0 Å². The predicted octanol–water partition coefficient (Wildman–Crippen LogP) is 0.790. The van der Waals surface area contributed by atoms with E-state index in [0.29, 0.717) is 6.04 Å². The van der Waals surface area contributed by atoms with Crippen molar-refractivity contribution in [2.24, 2.45) is 0 Å². The Hall–Kier alpha value is -0.160. The molecule has 0 saturated carbocycles. The highest BCUT2D eigenvalue weighted by molar-refractivity contribution is 4.99. The van der Waals surface area contributed by atoms with E-state index in [4.69, 9.17) is 0 Å². The number of nitrogens with zero attached hydrogens (tertiary/aromatic N) is 1. The molecule has 2 saturated heterocycles. The zero-order valence-corrected chi connectivity index (χ0v) is 13.2. The highest BCUT2D eigenvalue weighted by Crippen LogP contribution is 2.28. The van der Waals surface area contributed by atoms with Gasteiger partial charge in [-0.15, -0.1) is 0 Å². The van der Waals surface area contributed by atoms with Crippen molar-refractivity contribution < 1.29 is 0 Å². The lowest BCUT2D eigenvalue weighted by Crippen LogP contribution is -2.62. The van der Waals surface area contributed by atoms with Gasteiger partial charge in [0.15, 0.2) is 0 Å². The Morgan fingerprint density at radius 1 is 1.05 bits per heavy atom. The summed E-state index contributed by atoms with van der Waals surface area (Å²) in [6.45, 7) is 16.3. The third-order valence-corrected chi connectivity index (χ3v) is 4.26. The molecule has 0 atom stereocenters. The van der Waals surface area contributed by atoms with Crippen LogP contribution in [0.3, 0.4) is 0 Å². The van der Waals surface area contributed by atoms with Gasteiger partial charge in [0.2, 0.25) is 0 Å². The van der Waals surface area contributed by atoms with E-state index in [1.165, 1.54) is 32.5 Å². The Balaban J connectivity index is 1.72. The van der Waals surface area contributed by atoms with Crippen molar-refractivity contribution in [1.82, 2.24) is 20.9 Å². The van der Waals surface area contributed by atoms with Gasteiger partial charge in [-0.1, -0.05) is 0 Å². The zero-order chi connectivity index (χ0) is 13.9. The maximum absolute atomic E-state index is 3.78. The summed E-state index contributed by atoms with van der Waals surface area (Å²) >= 11 is 0. The number of hydrogen-bond acceptors (Lipinski definition) is 4. The normalized spacial score (nSPS) is 28.4. The summed E-state index contributed by atoms with van der Waals surface area (Å²) in [5.41, 5.74) is 0.489. The van der Waals surface area contributed by atoms with Crippen LogP contribution in [-0.2, 0) is 0 Å². The maximum atomic E-state index is 3.78. The number of rotatable bonds is 4. The molecule has 19 heavy (non-hydrogen) atoms. The van der Waals surface area contributed by atoms with E-state index in [9.17, 15) is 0 Å². The van der Waals surface area contributed by atoms with Gasteiger partial charge in [-0.05, 0) is 40.5 Å². The second-order valence-corrected chi connectivity index (χ2v) is 7.54. The minimum atomic E-state index is 0.245. The van der Waals surface area contributed by atoms with Crippen molar-refractivity contribution in [3.05, 3.63) is 0 Å². The van der Waals surface area contributed by atoms with Crippen LogP contribution in [-0.4, -0.2) is 61.3 Å². The first-order chi connectivity index (χ1) is 8.86. The van der Waals surface area contributed by atoms with E-state index in [1.54, 1.807) is 0 Å². The molecule has 112 valence electrons. The molecule has 0 aliphatic carbocycles. The summed E-state index contributed by atoms with van der Waals surface area (Å²) in [5, 5.41) is 10.9. The van der Waals surface area contributed by atoms with Crippen LogP contribution >= 0.6 is 0 Å². The topological polar surface area (TPSA) is 39.3 Å². The van der Waals surface area contributed by atoms with Crippen molar-refractivity contribution in [1.29, 1.82) is 0 Å². The van der Waals surface area contributed by atoms with Crippen LogP contribution in [0.1, 0.15) is 40.5 Å². The van der Waals surface area contributed by atoms with Crippen molar-refractivity contribution in [2.75, 3.05) is 39.3 Å². The summed E-state index contributed by atoms with van der Waals surface area (Å²) in [7, 11) is 0. The fraction of sp³-hybridized carbons (Fsp3) is 1.00. The molecular weight excluding hydrogens is 236 g/mol. The quantitative estimate of drug-likeness (QED) is 0.705. The Labute approximate surface area is 118 Å². The molecule has 0 bridgehead atoms. The maximum Gasteiger partial charge on any atom is 0.0144 e. The minimum Gasteiger partial charge on any atom is -0.314 e. The first kappa shape index (κ1) is 15.2. The summed E-state index contributed by atoms with van der Waals surface area (Å²) in [6.07, 6.45) is 2.44. The molecule has 2 aliphatic heterocycles. The Morgan fingerprint density at radius 3 is 2.21 bits per heavy atom. The van der Waals surface area contributed by atoms with Crippen molar-refractivity contribution in [2.45, 2.75) is 57.7 Å². The Bertz CT molecular complexity index is 266. The summed E-state index contributed by atoms with van der Waals surface area (Å²) in [5.74, 6) is 0. The molecule has 0 unspecified atom stereocenters. The number of piperazine rings is 1. The van der Waals surface area contributed by atoms with Gasteiger partial charge in [-0.3, -0.25) is 4.90 Å². The van der Waals surface area contributed by atoms with Gasteiger partial charge in [-0.25, -0.2) is 0 Å². The van der Waals surface area contributed by atoms with Crippen LogP contribution in [0.5, 0.6) is 0 Å². The number of nitrogens with one attached hydrogen (secondary N) is 3. The molecule has 0 radical (unpaired) electrons. The summed E-state index contributed by atoms with van der Waals surface area (Å²) < 4.78 is 0. The average molecular weight is 268 g/mol. The highest BCUT2D eigenvalue weighted by atomic mass is 15.2. The molecule has 2 fully saturated rings. The van der Waals surface area contributed by atoms with Crippen molar-refractivity contribution in [3.8, 4) is 0 Å². The van der Waals surface area contributed by atoms with Gasteiger partial charge in [0, 0.05) is 56.4 Å². The minimum absolute atomic E-state index is 0.245. The summed E-state index contributed by atoms with van der Waals surface area (Å²) in [4.78, 5) is 2.56. The van der Waals surface area contributed by atoms with Gasteiger partial charge in [0.25, 0.3) is 0 Å². The fourth-order valence-corrected chi connectivity index (χ4v) is 3.83. The fourth-order valence-electron chi connectivity index (χ4n) is 3.83. The molecule has 0 aromatic rings. The average Bonchev–Trinajstić information content (AvgIpc) is 2.26. The first-order valence-electron chi connectivity index (χ1n) is 7.82. The van der Waals surface area contributed by atoms with Gasteiger partial charge < -0.3 is 16.0 Å². The molecule has 2 heterocycles. The molecule has 0 spiro atoms. The lowest BCUT2D eigenvalue weighted by Gasteiger charge is -2.47. The molecule has 0 aromatic carbocycles. The van der Waals surface area contributed by atoms with Crippen molar-refractivity contribution in [3.63, 3.8) is 0 Å². The molecule has 0 aromatic heterocycles. The van der Waals surface area contributed by atoms with Gasteiger partial charge in [0.05, 0.1) is 0 Å². The van der Waals surface area contributed by atoms with E-state index >= 15 is 0 Å². The molecule has 2 rings (SSSR count). The van der Waals surface area contributed by atoms with Crippen LogP contribution in [0.4, 0.5) is 0 Å². The van der Waals surface area contributed by atoms with Gasteiger partial charge in [-0.2, -0.15) is 0 Å². The second kappa shape index (κ2) is 6.08. The monoisotopic (exact) mass is 268 g/mol. The summed E-state index contributed by atoms with van der Waals surface area (Å²) in [6, 6.07) is 0.647. The third-order valence-electron chi connectivity index (χ3n) is 4.26.